The largest absolute Gasteiger partial charge is 0.343 e. The van der Waals surface area contributed by atoms with E-state index < -0.39 is 10.2 Å². The van der Waals surface area contributed by atoms with Gasteiger partial charge in [0.25, 0.3) is 5.91 Å². The van der Waals surface area contributed by atoms with Gasteiger partial charge in [0.15, 0.2) is 0 Å². The molecular formula is C14H22N4O3S. The minimum atomic E-state index is -3.62. The van der Waals surface area contributed by atoms with Crippen molar-refractivity contribution in [1.82, 2.24) is 14.2 Å². The first-order valence-electron chi connectivity index (χ1n) is 7.28. The van der Waals surface area contributed by atoms with Gasteiger partial charge in [-0.2, -0.15) is 12.7 Å². The molecule has 0 spiro atoms. The van der Waals surface area contributed by atoms with Crippen LogP contribution in [0.25, 0.3) is 0 Å². The van der Waals surface area contributed by atoms with E-state index in [-0.39, 0.29) is 17.6 Å². The summed E-state index contributed by atoms with van der Waals surface area (Å²) in [4.78, 5) is 17.3. The van der Waals surface area contributed by atoms with E-state index in [1.54, 1.807) is 20.2 Å². The minimum Gasteiger partial charge on any atom is -0.343 e. The van der Waals surface area contributed by atoms with Gasteiger partial charge in [0.05, 0.1) is 5.69 Å². The fourth-order valence-electron chi connectivity index (χ4n) is 2.48. The standard InChI is InChI=1S/C14H22N4O3S/c1-11-6-4-5-9-18(11)22(20,21)16-12-7-8-15-13(10-12)14(19)17(2)3/h7-8,10-11H,4-6,9H2,1-3H3,(H,15,16). The van der Waals surface area contributed by atoms with Crippen LogP contribution in [0.4, 0.5) is 5.69 Å². The molecule has 1 aliphatic rings. The molecular weight excluding hydrogens is 304 g/mol. The lowest BCUT2D eigenvalue weighted by atomic mass is 10.1. The van der Waals surface area contributed by atoms with Crippen LogP contribution >= 0.6 is 0 Å². The predicted molar refractivity (Wildman–Crippen MR) is 84.8 cm³/mol. The Morgan fingerprint density at radius 2 is 2.14 bits per heavy atom. The number of piperidine rings is 1. The summed E-state index contributed by atoms with van der Waals surface area (Å²) in [6.45, 7) is 2.43. The number of nitrogens with one attached hydrogen (secondary N) is 1. The van der Waals surface area contributed by atoms with Gasteiger partial charge in [0.1, 0.15) is 5.69 Å². The molecule has 1 atom stereocenters. The maximum absolute atomic E-state index is 12.5. The second kappa shape index (κ2) is 6.62. The summed E-state index contributed by atoms with van der Waals surface area (Å²) < 4.78 is 29.0. The number of pyridine rings is 1. The molecule has 1 aromatic heterocycles. The maximum Gasteiger partial charge on any atom is 0.301 e. The lowest BCUT2D eigenvalue weighted by molar-refractivity contribution is 0.0822. The quantitative estimate of drug-likeness (QED) is 0.904. The zero-order chi connectivity index (χ0) is 16.3. The number of hydrogen-bond acceptors (Lipinski definition) is 4. The van der Waals surface area contributed by atoms with Gasteiger partial charge in [-0.1, -0.05) is 6.42 Å². The van der Waals surface area contributed by atoms with E-state index in [9.17, 15) is 13.2 Å². The van der Waals surface area contributed by atoms with Crippen molar-refractivity contribution in [2.45, 2.75) is 32.2 Å². The van der Waals surface area contributed by atoms with Gasteiger partial charge in [-0.05, 0) is 31.9 Å². The van der Waals surface area contributed by atoms with Gasteiger partial charge in [-0.3, -0.25) is 14.5 Å². The van der Waals surface area contributed by atoms with Crippen LogP contribution in [0.1, 0.15) is 36.7 Å². The zero-order valence-corrected chi connectivity index (χ0v) is 13.9. The molecule has 1 unspecified atom stereocenters. The smallest absolute Gasteiger partial charge is 0.301 e. The van der Waals surface area contributed by atoms with Gasteiger partial charge >= 0.3 is 10.2 Å². The highest BCUT2D eigenvalue weighted by Gasteiger charge is 2.29. The molecule has 1 saturated heterocycles. The first kappa shape index (κ1) is 16.7. The fourth-order valence-corrected chi connectivity index (χ4v) is 3.97. The van der Waals surface area contributed by atoms with Gasteiger partial charge in [0, 0.05) is 32.9 Å². The first-order valence-corrected chi connectivity index (χ1v) is 8.72. The molecule has 2 heterocycles. The van der Waals surface area contributed by atoms with Crippen LogP contribution in [0.15, 0.2) is 18.3 Å². The molecule has 2 rings (SSSR count). The molecule has 0 aromatic carbocycles. The van der Waals surface area contributed by atoms with Crippen LogP contribution in [0, 0.1) is 0 Å². The number of hydrogen-bond donors (Lipinski definition) is 1. The number of nitrogens with zero attached hydrogens (tertiary/aromatic N) is 3. The normalized spacial score (nSPS) is 19.7. The number of rotatable bonds is 4. The average molecular weight is 326 g/mol. The van der Waals surface area contributed by atoms with Crippen LogP contribution in [0.2, 0.25) is 0 Å². The first-order chi connectivity index (χ1) is 10.3. The van der Waals surface area contributed by atoms with Crippen molar-refractivity contribution in [2.24, 2.45) is 0 Å². The van der Waals surface area contributed by atoms with Crippen molar-refractivity contribution in [1.29, 1.82) is 0 Å². The summed E-state index contributed by atoms with van der Waals surface area (Å²) in [6.07, 6.45) is 4.20. The third-order valence-electron chi connectivity index (χ3n) is 3.68. The van der Waals surface area contributed by atoms with E-state index in [1.165, 1.54) is 21.5 Å². The van der Waals surface area contributed by atoms with Crippen molar-refractivity contribution in [2.75, 3.05) is 25.4 Å². The Hall–Kier alpha value is -1.67. The fraction of sp³-hybridized carbons (Fsp3) is 0.571. The summed E-state index contributed by atoms with van der Waals surface area (Å²) in [7, 11) is -0.375. The summed E-state index contributed by atoms with van der Waals surface area (Å²) >= 11 is 0. The van der Waals surface area contributed by atoms with E-state index >= 15 is 0 Å². The maximum atomic E-state index is 12.5. The molecule has 1 amide bonds. The average Bonchev–Trinajstić information content (AvgIpc) is 2.46. The molecule has 122 valence electrons. The number of anilines is 1. The van der Waals surface area contributed by atoms with Crippen molar-refractivity contribution < 1.29 is 13.2 Å². The second-order valence-electron chi connectivity index (χ2n) is 5.69. The summed E-state index contributed by atoms with van der Waals surface area (Å²) in [5, 5.41) is 0. The summed E-state index contributed by atoms with van der Waals surface area (Å²) in [5.41, 5.74) is 0.551. The molecule has 0 aliphatic carbocycles. The molecule has 0 bridgehead atoms. The van der Waals surface area contributed by atoms with Gasteiger partial charge in [-0.15, -0.1) is 0 Å². The van der Waals surface area contributed by atoms with Crippen molar-refractivity contribution in [3.63, 3.8) is 0 Å². The summed E-state index contributed by atoms with van der Waals surface area (Å²) in [6, 6.07) is 2.98. The SMILES string of the molecule is CC1CCCCN1S(=O)(=O)Nc1ccnc(C(=O)N(C)C)c1. The summed E-state index contributed by atoms with van der Waals surface area (Å²) in [5.74, 6) is -0.271. The molecule has 1 aliphatic heterocycles. The van der Waals surface area contributed by atoms with Gasteiger partial charge in [0.2, 0.25) is 0 Å². The highest BCUT2D eigenvalue weighted by molar-refractivity contribution is 7.90. The van der Waals surface area contributed by atoms with Crippen LogP contribution < -0.4 is 4.72 Å². The van der Waals surface area contributed by atoms with Crippen LogP contribution in [0.3, 0.4) is 0 Å². The number of amides is 1. The van der Waals surface area contributed by atoms with Crippen molar-refractivity contribution >= 4 is 21.8 Å². The highest BCUT2D eigenvalue weighted by Crippen LogP contribution is 2.21. The zero-order valence-electron chi connectivity index (χ0n) is 13.1. The van der Waals surface area contributed by atoms with E-state index in [0.29, 0.717) is 12.2 Å². The Kier molecular flexibility index (Phi) is 5.02. The highest BCUT2D eigenvalue weighted by atomic mass is 32.2. The lowest BCUT2D eigenvalue weighted by Crippen LogP contribution is -2.44. The molecule has 22 heavy (non-hydrogen) atoms. The third-order valence-corrected chi connectivity index (χ3v) is 5.34. The van der Waals surface area contributed by atoms with Gasteiger partial charge in [-0.25, -0.2) is 0 Å². The van der Waals surface area contributed by atoms with E-state index in [2.05, 4.69) is 9.71 Å². The van der Waals surface area contributed by atoms with Crippen LogP contribution in [-0.4, -0.2) is 55.2 Å². The molecule has 1 fully saturated rings. The van der Waals surface area contributed by atoms with Crippen molar-refractivity contribution in [3.8, 4) is 0 Å². The Morgan fingerprint density at radius 3 is 2.77 bits per heavy atom. The number of carbonyl (C=O) groups is 1. The molecule has 1 N–H and O–H groups in total. The number of carbonyl (C=O) groups excluding carboxylic acids is 1. The number of aromatic nitrogens is 1. The Balaban J connectivity index is 2.19. The molecule has 7 nitrogen and oxygen atoms in total. The Morgan fingerprint density at radius 1 is 1.41 bits per heavy atom. The lowest BCUT2D eigenvalue weighted by Gasteiger charge is -2.32. The molecule has 0 radical (unpaired) electrons. The van der Waals surface area contributed by atoms with E-state index in [1.807, 2.05) is 6.92 Å². The monoisotopic (exact) mass is 326 g/mol. The van der Waals surface area contributed by atoms with Gasteiger partial charge < -0.3 is 4.90 Å². The molecule has 0 saturated carbocycles. The third kappa shape index (κ3) is 3.75. The van der Waals surface area contributed by atoms with Crippen molar-refractivity contribution in [3.05, 3.63) is 24.0 Å². The van der Waals surface area contributed by atoms with E-state index in [4.69, 9.17) is 0 Å². The van der Waals surface area contributed by atoms with E-state index in [0.717, 1.165) is 19.3 Å². The Labute approximate surface area is 131 Å². The second-order valence-corrected chi connectivity index (χ2v) is 7.32. The topological polar surface area (TPSA) is 82.6 Å². The predicted octanol–water partition coefficient (Wildman–Crippen LogP) is 1.31. The Bertz CT molecular complexity index is 645. The minimum absolute atomic E-state index is 0.0176. The molecule has 1 aromatic rings. The van der Waals surface area contributed by atoms with Crippen LogP contribution in [-0.2, 0) is 10.2 Å². The molecule has 8 heteroatoms. The van der Waals surface area contributed by atoms with Crippen LogP contribution in [0.5, 0.6) is 0 Å².